The average molecular weight is 493 g/mol. The number of benzene rings is 2. The molecule has 186 valence electrons. The van der Waals surface area contributed by atoms with Gasteiger partial charge in [-0.25, -0.2) is 13.8 Å². The van der Waals surface area contributed by atoms with Crippen molar-refractivity contribution in [3.05, 3.63) is 72.1 Å². The van der Waals surface area contributed by atoms with E-state index < -0.39 is 18.3 Å². The van der Waals surface area contributed by atoms with Crippen molar-refractivity contribution in [3.8, 4) is 5.82 Å². The fraction of sp³-hybridized carbons (Fsp3) is 0.308. The van der Waals surface area contributed by atoms with Gasteiger partial charge in [-0.2, -0.15) is 9.97 Å². The molecule has 1 saturated heterocycles. The molecule has 1 aliphatic heterocycles. The fourth-order valence-electron chi connectivity index (χ4n) is 4.21. The fourth-order valence-corrected chi connectivity index (χ4v) is 4.21. The second kappa shape index (κ2) is 10.4. The number of morpholine rings is 1. The standard InChI is InChI=1S/C26H26F2N6O2/c1-17(21(35)15-18-7-3-2-4-8-18)29-26-31-22(33-11-13-36-14-12-33)16-23(32-26)34-20-10-6-5-9-19(20)30-25(34)24(27)28/h2-10,16-17,24H,11-15H2,1H3,(H,29,31,32). The number of anilines is 2. The third kappa shape index (κ3) is 5.03. The van der Waals surface area contributed by atoms with Crippen LogP contribution < -0.4 is 10.2 Å². The molecule has 0 spiro atoms. The lowest BCUT2D eigenvalue weighted by Crippen LogP contribution is -2.37. The van der Waals surface area contributed by atoms with Crippen molar-refractivity contribution in [3.63, 3.8) is 0 Å². The number of ketones is 1. The van der Waals surface area contributed by atoms with Crippen molar-refractivity contribution in [2.75, 3.05) is 36.5 Å². The van der Waals surface area contributed by atoms with E-state index in [0.717, 1.165) is 5.56 Å². The van der Waals surface area contributed by atoms with Crippen molar-refractivity contribution in [1.82, 2.24) is 19.5 Å². The van der Waals surface area contributed by atoms with Crippen molar-refractivity contribution in [1.29, 1.82) is 0 Å². The SMILES string of the molecule is CC(Nc1nc(N2CCOCC2)cc(-n2c(C(F)F)nc3ccccc32)n1)C(=O)Cc1ccccc1. The van der Waals surface area contributed by atoms with E-state index in [1.807, 2.05) is 35.2 Å². The molecule has 8 nitrogen and oxygen atoms in total. The number of carbonyl (C=O) groups excluding carboxylic acids is 1. The van der Waals surface area contributed by atoms with Crippen molar-refractivity contribution < 1.29 is 18.3 Å². The summed E-state index contributed by atoms with van der Waals surface area (Å²) in [6.07, 6.45) is -2.55. The number of halogens is 2. The average Bonchev–Trinajstić information content (AvgIpc) is 3.30. The Labute approximate surface area is 206 Å². The van der Waals surface area contributed by atoms with Gasteiger partial charge < -0.3 is 15.0 Å². The van der Waals surface area contributed by atoms with E-state index in [-0.39, 0.29) is 24.0 Å². The number of hydrogen-bond donors (Lipinski definition) is 1. The number of para-hydroxylation sites is 2. The lowest BCUT2D eigenvalue weighted by molar-refractivity contribution is -0.118. The van der Waals surface area contributed by atoms with Crippen LogP contribution in [0.2, 0.25) is 0 Å². The van der Waals surface area contributed by atoms with E-state index in [9.17, 15) is 13.6 Å². The van der Waals surface area contributed by atoms with Gasteiger partial charge in [0.15, 0.2) is 11.6 Å². The van der Waals surface area contributed by atoms with Gasteiger partial charge in [0.1, 0.15) is 11.6 Å². The molecule has 1 N–H and O–H groups in total. The Bertz CT molecular complexity index is 1360. The van der Waals surface area contributed by atoms with Gasteiger partial charge in [-0.3, -0.25) is 9.36 Å². The number of ether oxygens (including phenoxy) is 1. The molecule has 0 saturated carbocycles. The third-order valence-electron chi connectivity index (χ3n) is 6.09. The number of fused-ring (bicyclic) bond motifs is 1. The molecule has 1 fully saturated rings. The van der Waals surface area contributed by atoms with Crippen LogP contribution in [-0.2, 0) is 16.0 Å². The third-order valence-corrected chi connectivity index (χ3v) is 6.09. The zero-order valence-corrected chi connectivity index (χ0v) is 19.8. The summed E-state index contributed by atoms with van der Waals surface area (Å²) in [6.45, 7) is 4.01. The number of carbonyl (C=O) groups is 1. The summed E-state index contributed by atoms with van der Waals surface area (Å²) in [5.74, 6) is 0.555. The summed E-state index contributed by atoms with van der Waals surface area (Å²) in [7, 11) is 0. The quantitative estimate of drug-likeness (QED) is 0.395. The summed E-state index contributed by atoms with van der Waals surface area (Å²) in [5, 5.41) is 3.09. The number of aromatic nitrogens is 4. The highest BCUT2D eigenvalue weighted by molar-refractivity contribution is 5.87. The first-order valence-electron chi connectivity index (χ1n) is 11.8. The van der Waals surface area contributed by atoms with Crippen molar-refractivity contribution in [2.24, 2.45) is 0 Å². The number of hydrogen-bond acceptors (Lipinski definition) is 7. The van der Waals surface area contributed by atoms with Crippen LogP contribution in [0.3, 0.4) is 0 Å². The van der Waals surface area contributed by atoms with Crippen LogP contribution in [0.25, 0.3) is 16.9 Å². The molecular formula is C26H26F2N6O2. The second-order valence-electron chi connectivity index (χ2n) is 8.60. The molecule has 36 heavy (non-hydrogen) atoms. The van der Waals surface area contributed by atoms with Crippen LogP contribution in [0.5, 0.6) is 0 Å². The number of nitrogens with one attached hydrogen (secondary N) is 1. The molecule has 0 bridgehead atoms. The normalized spacial score (nSPS) is 14.8. The predicted molar refractivity (Wildman–Crippen MR) is 133 cm³/mol. The molecule has 5 rings (SSSR count). The molecule has 4 aromatic rings. The van der Waals surface area contributed by atoms with Gasteiger partial charge in [-0.05, 0) is 24.6 Å². The summed E-state index contributed by atoms with van der Waals surface area (Å²) in [6, 6.07) is 17.5. The van der Waals surface area contributed by atoms with E-state index in [4.69, 9.17) is 4.74 Å². The first-order chi connectivity index (χ1) is 17.5. The zero-order valence-electron chi connectivity index (χ0n) is 19.8. The minimum atomic E-state index is -2.80. The predicted octanol–water partition coefficient (Wildman–Crippen LogP) is 4.20. The van der Waals surface area contributed by atoms with E-state index in [2.05, 4.69) is 20.3 Å². The van der Waals surface area contributed by atoms with Gasteiger partial charge in [-0.15, -0.1) is 0 Å². The maximum atomic E-state index is 14.0. The Morgan fingerprint density at radius 3 is 2.44 bits per heavy atom. The Morgan fingerprint density at radius 1 is 1.00 bits per heavy atom. The van der Waals surface area contributed by atoms with E-state index in [0.29, 0.717) is 43.2 Å². The maximum Gasteiger partial charge on any atom is 0.296 e. The van der Waals surface area contributed by atoms with Crippen molar-refractivity contribution in [2.45, 2.75) is 25.8 Å². The first kappa shape index (κ1) is 23.8. The lowest BCUT2D eigenvalue weighted by Gasteiger charge is -2.28. The minimum absolute atomic E-state index is 0.0375. The Balaban J connectivity index is 1.53. The number of rotatable bonds is 8. The molecule has 1 unspecified atom stereocenters. The monoisotopic (exact) mass is 492 g/mol. The highest BCUT2D eigenvalue weighted by Gasteiger charge is 2.24. The summed E-state index contributed by atoms with van der Waals surface area (Å²) >= 11 is 0. The number of imidazole rings is 1. The molecule has 0 radical (unpaired) electrons. The van der Waals surface area contributed by atoms with Gasteiger partial charge in [0, 0.05) is 25.6 Å². The highest BCUT2D eigenvalue weighted by atomic mass is 19.3. The molecule has 0 aliphatic carbocycles. The first-order valence-corrected chi connectivity index (χ1v) is 11.8. The molecule has 2 aromatic carbocycles. The molecule has 10 heteroatoms. The van der Waals surface area contributed by atoms with Gasteiger partial charge in [-0.1, -0.05) is 42.5 Å². The molecule has 2 aromatic heterocycles. The zero-order chi connectivity index (χ0) is 25.1. The molecule has 3 heterocycles. The van der Waals surface area contributed by atoms with E-state index in [1.165, 1.54) is 4.57 Å². The molecular weight excluding hydrogens is 466 g/mol. The number of alkyl halides is 2. The second-order valence-corrected chi connectivity index (χ2v) is 8.60. The van der Waals surface area contributed by atoms with Crippen LogP contribution in [0, 0.1) is 0 Å². The highest BCUT2D eigenvalue weighted by Crippen LogP contribution is 2.29. The largest absolute Gasteiger partial charge is 0.378 e. The lowest BCUT2D eigenvalue weighted by atomic mass is 10.1. The Hall–Kier alpha value is -3.92. The van der Waals surface area contributed by atoms with Gasteiger partial charge in [0.25, 0.3) is 6.43 Å². The van der Waals surface area contributed by atoms with Gasteiger partial charge in [0.2, 0.25) is 5.95 Å². The van der Waals surface area contributed by atoms with Crippen LogP contribution >= 0.6 is 0 Å². The molecule has 1 atom stereocenters. The molecule has 1 aliphatic rings. The molecule has 0 amide bonds. The van der Waals surface area contributed by atoms with E-state index >= 15 is 0 Å². The van der Waals surface area contributed by atoms with Crippen molar-refractivity contribution >= 4 is 28.6 Å². The Morgan fingerprint density at radius 2 is 1.69 bits per heavy atom. The van der Waals surface area contributed by atoms with Crippen LogP contribution in [0.15, 0.2) is 60.7 Å². The summed E-state index contributed by atoms with van der Waals surface area (Å²) < 4.78 is 34.8. The van der Waals surface area contributed by atoms with Gasteiger partial charge in [0.05, 0.1) is 30.3 Å². The number of nitrogens with zero attached hydrogens (tertiary/aromatic N) is 5. The maximum absolute atomic E-state index is 14.0. The minimum Gasteiger partial charge on any atom is -0.378 e. The van der Waals surface area contributed by atoms with Crippen LogP contribution in [-0.4, -0.2) is 57.6 Å². The van der Waals surface area contributed by atoms with E-state index in [1.54, 1.807) is 37.3 Å². The topological polar surface area (TPSA) is 85.2 Å². The summed E-state index contributed by atoms with van der Waals surface area (Å²) in [4.78, 5) is 28.2. The van der Waals surface area contributed by atoms with Crippen LogP contribution in [0.4, 0.5) is 20.5 Å². The Kier molecular flexibility index (Phi) is 6.86. The smallest absolute Gasteiger partial charge is 0.296 e. The van der Waals surface area contributed by atoms with Crippen LogP contribution in [0.1, 0.15) is 24.7 Å². The summed E-state index contributed by atoms with van der Waals surface area (Å²) in [5.41, 5.74) is 1.87. The number of Topliss-reactive ketones (excluding diaryl/α,β-unsaturated/α-hetero) is 1. The van der Waals surface area contributed by atoms with Gasteiger partial charge >= 0.3 is 0 Å².